The van der Waals surface area contributed by atoms with Crippen molar-refractivity contribution in [3.05, 3.63) is 108 Å². The SMILES string of the molecule is CC(C)(C)[Si](C)(C)O[C@H]1[C@H](O)[C@@H](O)[C@H](O)[C@@H](OP(=O)(OCc2ccccc2)OCc2ccccc2)[C@H]1OCc1ccccc1. The lowest BCUT2D eigenvalue weighted by Crippen LogP contribution is -2.67. The predicted octanol–water partition coefficient (Wildman–Crippen LogP) is 5.99. The fraction of sp³-hybridized carbons (Fsp3) is 0.455. The lowest BCUT2D eigenvalue weighted by atomic mass is 9.85. The molecule has 0 saturated heterocycles. The summed E-state index contributed by atoms with van der Waals surface area (Å²) in [7, 11) is -6.99. The van der Waals surface area contributed by atoms with Gasteiger partial charge in [-0.2, -0.15) is 0 Å². The number of aliphatic hydroxyl groups is 3. The fourth-order valence-corrected chi connectivity index (χ4v) is 7.26. The maximum absolute atomic E-state index is 14.3. The van der Waals surface area contributed by atoms with Crippen LogP contribution in [0.5, 0.6) is 0 Å². The first kappa shape index (κ1) is 34.7. The van der Waals surface area contributed by atoms with Crippen molar-refractivity contribution in [2.45, 2.75) is 95.3 Å². The van der Waals surface area contributed by atoms with E-state index in [0.717, 1.165) is 16.7 Å². The van der Waals surface area contributed by atoms with Gasteiger partial charge in [0.25, 0.3) is 0 Å². The van der Waals surface area contributed by atoms with Crippen molar-refractivity contribution >= 4 is 16.1 Å². The maximum Gasteiger partial charge on any atom is 0.475 e. The average molecular weight is 645 g/mol. The maximum atomic E-state index is 14.3. The third-order valence-corrected chi connectivity index (χ3v) is 14.1. The molecule has 44 heavy (non-hydrogen) atoms. The van der Waals surface area contributed by atoms with E-state index in [1.54, 1.807) is 0 Å². The third-order valence-electron chi connectivity index (χ3n) is 8.26. The molecule has 0 unspecified atom stereocenters. The molecule has 0 heterocycles. The van der Waals surface area contributed by atoms with E-state index < -0.39 is 52.8 Å². The van der Waals surface area contributed by atoms with E-state index in [1.165, 1.54) is 0 Å². The summed E-state index contributed by atoms with van der Waals surface area (Å²) >= 11 is 0. The van der Waals surface area contributed by atoms with Crippen molar-refractivity contribution in [1.82, 2.24) is 0 Å². The Kier molecular flexibility index (Phi) is 11.8. The summed E-state index contributed by atoms with van der Waals surface area (Å²) in [6.07, 6.45) is -8.58. The largest absolute Gasteiger partial charge is 0.475 e. The van der Waals surface area contributed by atoms with Crippen LogP contribution in [0.2, 0.25) is 18.1 Å². The molecule has 0 aromatic heterocycles. The van der Waals surface area contributed by atoms with Crippen LogP contribution in [0.15, 0.2) is 91.0 Å². The van der Waals surface area contributed by atoms with Crippen LogP contribution in [0.25, 0.3) is 0 Å². The van der Waals surface area contributed by atoms with Crippen LogP contribution in [-0.4, -0.2) is 60.3 Å². The van der Waals surface area contributed by atoms with E-state index in [9.17, 15) is 19.9 Å². The van der Waals surface area contributed by atoms with Gasteiger partial charge in [-0.15, -0.1) is 0 Å². The Morgan fingerprint density at radius 1 is 0.636 bits per heavy atom. The number of hydrogen-bond donors (Lipinski definition) is 3. The van der Waals surface area contributed by atoms with Crippen molar-refractivity contribution in [1.29, 1.82) is 0 Å². The summed E-state index contributed by atoms with van der Waals surface area (Å²) in [5.41, 5.74) is 2.29. The number of hydrogen-bond acceptors (Lipinski definition) is 9. The minimum atomic E-state index is -4.42. The van der Waals surface area contributed by atoms with Gasteiger partial charge in [-0.25, -0.2) is 4.57 Å². The molecule has 3 aromatic carbocycles. The molecule has 0 bridgehead atoms. The Morgan fingerprint density at radius 3 is 1.48 bits per heavy atom. The molecule has 0 spiro atoms. The van der Waals surface area contributed by atoms with E-state index in [1.807, 2.05) is 104 Å². The van der Waals surface area contributed by atoms with Gasteiger partial charge in [0, 0.05) is 0 Å². The van der Waals surface area contributed by atoms with E-state index in [4.69, 9.17) is 22.7 Å². The molecule has 3 aromatic rings. The van der Waals surface area contributed by atoms with Gasteiger partial charge in [0.05, 0.1) is 19.8 Å². The van der Waals surface area contributed by atoms with Gasteiger partial charge in [-0.05, 0) is 34.8 Å². The van der Waals surface area contributed by atoms with Crippen LogP contribution < -0.4 is 0 Å². The number of ether oxygens (including phenoxy) is 1. The zero-order chi connectivity index (χ0) is 32.0. The Bertz CT molecular complexity index is 1290. The topological polar surface area (TPSA) is 124 Å². The van der Waals surface area contributed by atoms with Crippen molar-refractivity contribution in [2.24, 2.45) is 0 Å². The number of aliphatic hydroxyl groups excluding tert-OH is 3. The molecule has 1 saturated carbocycles. The van der Waals surface area contributed by atoms with Crippen molar-refractivity contribution in [3.63, 3.8) is 0 Å². The first-order valence-corrected chi connectivity index (χ1v) is 19.2. The van der Waals surface area contributed by atoms with E-state index in [0.29, 0.717) is 0 Å². The van der Waals surface area contributed by atoms with Crippen molar-refractivity contribution < 1.29 is 42.6 Å². The third kappa shape index (κ3) is 8.95. The predicted molar refractivity (Wildman–Crippen MR) is 170 cm³/mol. The molecule has 9 nitrogen and oxygen atoms in total. The molecule has 3 N–H and O–H groups in total. The van der Waals surface area contributed by atoms with Crippen LogP contribution in [0.4, 0.5) is 0 Å². The molecule has 4 rings (SSSR count). The quantitative estimate of drug-likeness (QED) is 0.152. The zero-order valence-corrected chi connectivity index (χ0v) is 27.9. The minimum Gasteiger partial charge on any atom is -0.408 e. The number of rotatable bonds is 13. The van der Waals surface area contributed by atoms with Crippen LogP contribution >= 0.6 is 7.82 Å². The number of phosphoric acid groups is 1. The van der Waals surface area contributed by atoms with Crippen molar-refractivity contribution in [3.8, 4) is 0 Å². The highest BCUT2D eigenvalue weighted by atomic mass is 31.2. The van der Waals surface area contributed by atoms with Crippen LogP contribution in [0.1, 0.15) is 37.5 Å². The van der Waals surface area contributed by atoms with Gasteiger partial charge in [-0.3, -0.25) is 13.6 Å². The lowest BCUT2D eigenvalue weighted by Gasteiger charge is -2.49. The smallest absolute Gasteiger partial charge is 0.408 e. The van der Waals surface area contributed by atoms with Crippen molar-refractivity contribution in [2.75, 3.05) is 0 Å². The second kappa shape index (κ2) is 14.9. The Hall–Kier alpha value is -2.21. The summed E-state index contributed by atoms with van der Waals surface area (Å²) in [4.78, 5) is 0. The molecule has 240 valence electrons. The van der Waals surface area contributed by atoms with Crippen LogP contribution in [0.3, 0.4) is 0 Å². The molecule has 0 radical (unpaired) electrons. The van der Waals surface area contributed by atoms with E-state index in [2.05, 4.69) is 20.8 Å². The average Bonchev–Trinajstić information content (AvgIpc) is 3.01. The zero-order valence-electron chi connectivity index (χ0n) is 26.0. The second-order valence-corrected chi connectivity index (χ2v) is 19.0. The van der Waals surface area contributed by atoms with Gasteiger partial charge >= 0.3 is 7.82 Å². The van der Waals surface area contributed by atoms with Gasteiger partial charge in [0.2, 0.25) is 0 Å². The first-order valence-electron chi connectivity index (χ1n) is 14.8. The van der Waals surface area contributed by atoms with Gasteiger partial charge < -0.3 is 24.5 Å². The number of benzene rings is 3. The standard InChI is InChI=1S/C33H45O9PSi/c1-33(2,3)44(4,5)42-31-29(36)27(34)28(35)30(32(31)38-21-24-15-9-6-10-16-24)41-43(37,39-22-25-17-11-7-12-18-25)40-23-26-19-13-8-14-20-26/h6-20,27-32,34-36H,21-23H2,1-5H3/t27-,28-,29+,30+,31-,32+/m0/s1. The molecule has 0 amide bonds. The summed E-state index contributed by atoms with van der Waals surface area (Å²) in [5.74, 6) is 0. The van der Waals surface area contributed by atoms with Crippen LogP contribution in [-0.2, 0) is 47.1 Å². The Morgan fingerprint density at radius 2 is 1.05 bits per heavy atom. The normalized spacial score (nSPS) is 24.7. The summed E-state index contributed by atoms with van der Waals surface area (Å²) in [6, 6.07) is 27.6. The Balaban J connectivity index is 1.68. The summed E-state index contributed by atoms with van der Waals surface area (Å²) in [6.45, 7) is 10.1. The van der Waals surface area contributed by atoms with E-state index >= 15 is 0 Å². The molecular weight excluding hydrogens is 599 g/mol. The molecule has 11 heteroatoms. The molecule has 6 atom stereocenters. The molecule has 0 aliphatic heterocycles. The molecule has 1 fully saturated rings. The highest BCUT2D eigenvalue weighted by molar-refractivity contribution is 7.48. The molecule has 1 aliphatic rings. The highest BCUT2D eigenvalue weighted by Gasteiger charge is 2.56. The van der Waals surface area contributed by atoms with E-state index in [-0.39, 0.29) is 24.9 Å². The van der Waals surface area contributed by atoms with Gasteiger partial charge in [-0.1, -0.05) is 112 Å². The minimum absolute atomic E-state index is 0.0817. The monoisotopic (exact) mass is 644 g/mol. The first-order chi connectivity index (χ1) is 20.8. The second-order valence-electron chi connectivity index (χ2n) is 12.6. The van der Waals surface area contributed by atoms with Gasteiger partial charge in [0.15, 0.2) is 8.32 Å². The fourth-order valence-electron chi connectivity index (χ4n) is 4.60. The van der Waals surface area contributed by atoms with Gasteiger partial charge in [0.1, 0.15) is 36.6 Å². The summed E-state index contributed by atoms with van der Waals surface area (Å²) < 4.78 is 45.0. The van der Waals surface area contributed by atoms with Crippen LogP contribution in [0, 0.1) is 0 Å². The lowest BCUT2D eigenvalue weighted by molar-refractivity contribution is -0.231. The highest BCUT2D eigenvalue weighted by Crippen LogP contribution is 2.54. The molecule has 1 aliphatic carbocycles. The summed E-state index contributed by atoms with van der Waals surface area (Å²) in [5, 5.41) is 33.3. The molecular formula is C33H45O9PSi. The Labute approximate surface area is 261 Å². The number of phosphoric ester groups is 1.